The molecule has 0 N–H and O–H groups in total. The first-order valence-electron chi connectivity index (χ1n) is 7.72. The van der Waals surface area contributed by atoms with Gasteiger partial charge in [0.1, 0.15) is 12.4 Å². The topological polar surface area (TPSA) is 107 Å². The average molecular weight is 342 g/mol. The molecule has 0 atom stereocenters. The van der Waals surface area contributed by atoms with Crippen molar-refractivity contribution in [3.8, 4) is 6.07 Å². The Morgan fingerprint density at radius 3 is 2.84 bits per heavy atom. The smallest absolute Gasteiger partial charge is 0.339 e. The normalized spacial score (nSPS) is 10.1. The van der Waals surface area contributed by atoms with Gasteiger partial charge in [0.25, 0.3) is 0 Å². The van der Waals surface area contributed by atoms with Crippen LogP contribution in [0.15, 0.2) is 24.5 Å². The van der Waals surface area contributed by atoms with Crippen LogP contribution in [0.25, 0.3) is 0 Å². The van der Waals surface area contributed by atoms with Crippen LogP contribution in [0.4, 0.5) is 0 Å². The predicted octanol–water partition coefficient (Wildman–Crippen LogP) is 1.48. The van der Waals surface area contributed by atoms with E-state index in [0.717, 1.165) is 5.56 Å². The highest BCUT2D eigenvalue weighted by molar-refractivity contribution is 5.92. The third-order valence-corrected chi connectivity index (χ3v) is 3.40. The summed E-state index contributed by atoms with van der Waals surface area (Å²) >= 11 is 0. The van der Waals surface area contributed by atoms with Crippen LogP contribution in [0, 0.1) is 11.3 Å². The molecule has 0 aliphatic heterocycles. The molecule has 2 aromatic rings. The van der Waals surface area contributed by atoms with E-state index in [2.05, 4.69) is 10.1 Å². The lowest BCUT2D eigenvalue weighted by molar-refractivity contribution is -0.143. The molecule has 0 fully saturated rings. The average Bonchev–Trinajstić information content (AvgIpc) is 3.07. The number of benzene rings is 1. The number of nitrogens with zero attached hydrogens (tertiary/aromatic N) is 4. The first kappa shape index (κ1) is 18.1. The Bertz CT molecular complexity index is 807. The molecule has 0 saturated heterocycles. The van der Waals surface area contributed by atoms with Crippen molar-refractivity contribution < 1.29 is 19.1 Å². The van der Waals surface area contributed by atoms with Crippen LogP contribution in [0.2, 0.25) is 0 Å². The number of esters is 2. The Balaban J connectivity index is 2.06. The fourth-order valence-corrected chi connectivity index (χ4v) is 2.22. The molecule has 0 unspecified atom stereocenters. The number of carbonyl (C=O) groups is 2. The molecule has 0 saturated carbocycles. The number of nitriles is 1. The van der Waals surface area contributed by atoms with E-state index >= 15 is 0 Å². The van der Waals surface area contributed by atoms with Crippen LogP contribution in [0.1, 0.15) is 40.7 Å². The summed E-state index contributed by atoms with van der Waals surface area (Å²) < 4.78 is 11.2. The predicted molar refractivity (Wildman–Crippen MR) is 86.6 cm³/mol. The van der Waals surface area contributed by atoms with Crippen molar-refractivity contribution in [3.05, 3.63) is 47.0 Å². The number of aryl methyl sites for hydroxylation is 1. The van der Waals surface area contributed by atoms with E-state index in [1.807, 2.05) is 6.07 Å². The van der Waals surface area contributed by atoms with Gasteiger partial charge in [-0.3, -0.25) is 4.79 Å². The van der Waals surface area contributed by atoms with Crippen LogP contribution >= 0.6 is 0 Å². The number of carbonyl (C=O) groups excluding carboxylic acids is 2. The van der Waals surface area contributed by atoms with Crippen molar-refractivity contribution in [1.29, 1.82) is 5.26 Å². The summed E-state index contributed by atoms with van der Waals surface area (Å²) in [5.74, 6) is -0.310. The molecule has 1 heterocycles. The Hall–Kier alpha value is -3.21. The van der Waals surface area contributed by atoms with Crippen LogP contribution < -0.4 is 0 Å². The zero-order chi connectivity index (χ0) is 18.2. The quantitative estimate of drug-likeness (QED) is 0.701. The maximum absolute atomic E-state index is 11.8. The van der Waals surface area contributed by atoms with Crippen molar-refractivity contribution >= 4 is 11.9 Å². The van der Waals surface area contributed by atoms with Crippen molar-refractivity contribution in [2.45, 2.75) is 26.3 Å². The minimum Gasteiger partial charge on any atom is -0.466 e. The van der Waals surface area contributed by atoms with Crippen molar-refractivity contribution in [3.63, 3.8) is 0 Å². The highest BCUT2D eigenvalue weighted by Gasteiger charge is 2.13. The Morgan fingerprint density at radius 1 is 1.36 bits per heavy atom. The molecule has 0 aliphatic rings. The summed E-state index contributed by atoms with van der Waals surface area (Å²) in [7, 11) is 1.27. The molecule has 0 bridgehead atoms. The SMILES string of the molecule is CCOC(=O)CCc1ncn(Cc2ccc(C#N)c(C(=O)OC)c2)n1. The van der Waals surface area contributed by atoms with Crippen LogP contribution in [-0.2, 0) is 27.2 Å². The molecule has 130 valence electrons. The number of rotatable bonds is 7. The first-order chi connectivity index (χ1) is 12.1. The van der Waals surface area contributed by atoms with Gasteiger partial charge in [-0.05, 0) is 24.6 Å². The molecule has 0 spiro atoms. The molecule has 8 nitrogen and oxygen atoms in total. The Morgan fingerprint density at radius 2 is 2.16 bits per heavy atom. The Kier molecular flexibility index (Phi) is 6.23. The second-order valence-electron chi connectivity index (χ2n) is 5.15. The second-order valence-corrected chi connectivity index (χ2v) is 5.15. The third-order valence-electron chi connectivity index (χ3n) is 3.40. The van der Waals surface area contributed by atoms with Crippen molar-refractivity contribution in [2.24, 2.45) is 0 Å². The first-order valence-corrected chi connectivity index (χ1v) is 7.72. The number of aromatic nitrogens is 3. The van der Waals surface area contributed by atoms with E-state index in [-0.39, 0.29) is 23.5 Å². The van der Waals surface area contributed by atoms with E-state index in [1.54, 1.807) is 36.1 Å². The van der Waals surface area contributed by atoms with Gasteiger partial charge < -0.3 is 9.47 Å². The van der Waals surface area contributed by atoms with Gasteiger partial charge in [-0.25, -0.2) is 14.5 Å². The monoisotopic (exact) mass is 342 g/mol. The van der Waals surface area contributed by atoms with Gasteiger partial charge in [-0.2, -0.15) is 10.4 Å². The molecule has 25 heavy (non-hydrogen) atoms. The molecule has 1 aromatic heterocycles. The lowest BCUT2D eigenvalue weighted by Gasteiger charge is -2.06. The zero-order valence-corrected chi connectivity index (χ0v) is 14.1. The fraction of sp³-hybridized carbons (Fsp3) is 0.353. The summed E-state index contributed by atoms with van der Waals surface area (Å²) in [6.45, 7) is 2.48. The number of hydrogen-bond donors (Lipinski definition) is 0. The summed E-state index contributed by atoms with van der Waals surface area (Å²) in [5.41, 5.74) is 1.25. The number of ether oxygens (including phenoxy) is 2. The lowest BCUT2D eigenvalue weighted by Crippen LogP contribution is -2.08. The van der Waals surface area contributed by atoms with E-state index in [0.29, 0.717) is 25.4 Å². The third kappa shape index (κ3) is 4.88. The van der Waals surface area contributed by atoms with Crippen LogP contribution in [0.5, 0.6) is 0 Å². The lowest BCUT2D eigenvalue weighted by atomic mass is 10.0. The molecular weight excluding hydrogens is 324 g/mol. The highest BCUT2D eigenvalue weighted by Crippen LogP contribution is 2.14. The molecular formula is C17H18N4O4. The van der Waals surface area contributed by atoms with Gasteiger partial charge in [0.05, 0.1) is 37.8 Å². The molecule has 1 aromatic carbocycles. The summed E-state index contributed by atoms with van der Waals surface area (Å²) in [4.78, 5) is 27.3. The molecule has 2 rings (SSSR count). The van der Waals surface area contributed by atoms with Crippen molar-refractivity contribution in [1.82, 2.24) is 14.8 Å². The minimum absolute atomic E-state index is 0.213. The summed E-state index contributed by atoms with van der Waals surface area (Å²) in [5, 5.41) is 13.4. The Labute approximate surface area is 145 Å². The fourth-order valence-electron chi connectivity index (χ4n) is 2.22. The van der Waals surface area contributed by atoms with Crippen molar-refractivity contribution in [2.75, 3.05) is 13.7 Å². The molecule has 0 radical (unpaired) electrons. The minimum atomic E-state index is -0.563. The summed E-state index contributed by atoms with van der Waals surface area (Å²) in [6.07, 6.45) is 2.17. The van der Waals surface area contributed by atoms with Gasteiger partial charge in [-0.1, -0.05) is 6.07 Å². The van der Waals surface area contributed by atoms with Crippen LogP contribution in [-0.4, -0.2) is 40.4 Å². The molecule has 0 aliphatic carbocycles. The second kappa shape index (κ2) is 8.59. The summed E-state index contributed by atoms with van der Waals surface area (Å²) in [6, 6.07) is 6.88. The number of hydrogen-bond acceptors (Lipinski definition) is 7. The molecule has 0 amide bonds. The number of methoxy groups -OCH3 is 1. The van der Waals surface area contributed by atoms with Gasteiger partial charge in [0.2, 0.25) is 0 Å². The highest BCUT2D eigenvalue weighted by atomic mass is 16.5. The van der Waals surface area contributed by atoms with E-state index in [4.69, 9.17) is 14.7 Å². The van der Waals surface area contributed by atoms with E-state index in [1.165, 1.54) is 7.11 Å². The van der Waals surface area contributed by atoms with Gasteiger partial charge >= 0.3 is 11.9 Å². The van der Waals surface area contributed by atoms with Crippen LogP contribution in [0.3, 0.4) is 0 Å². The van der Waals surface area contributed by atoms with E-state index in [9.17, 15) is 9.59 Å². The standard InChI is InChI=1S/C17H18N4O4/c1-3-25-16(22)7-6-15-19-11-21(20-15)10-12-4-5-13(9-18)14(8-12)17(23)24-2/h4-5,8,11H,3,6-7,10H2,1-2H3. The largest absolute Gasteiger partial charge is 0.466 e. The molecule has 8 heteroatoms. The zero-order valence-electron chi connectivity index (χ0n) is 14.1. The maximum Gasteiger partial charge on any atom is 0.339 e. The van der Waals surface area contributed by atoms with E-state index < -0.39 is 5.97 Å². The van der Waals surface area contributed by atoms with Gasteiger partial charge in [-0.15, -0.1) is 0 Å². The van der Waals surface area contributed by atoms with Gasteiger partial charge in [0, 0.05) is 6.42 Å². The van der Waals surface area contributed by atoms with Gasteiger partial charge in [0.15, 0.2) is 5.82 Å². The maximum atomic E-state index is 11.8.